The number of carboxylic acid groups (broad SMARTS) is 1. The number of nitriles is 1. The highest BCUT2D eigenvalue weighted by atomic mass is 19.1. The molecule has 4 heteroatoms. The van der Waals surface area contributed by atoms with Crippen LogP contribution in [0.25, 0.3) is 0 Å². The Morgan fingerprint density at radius 3 is 2.85 bits per heavy atom. The molecule has 0 saturated carbocycles. The molecule has 0 unspecified atom stereocenters. The van der Waals surface area contributed by atoms with Gasteiger partial charge in [-0.2, -0.15) is 5.26 Å². The van der Waals surface area contributed by atoms with Crippen LogP contribution in [0.3, 0.4) is 0 Å². The van der Waals surface area contributed by atoms with Crippen LogP contribution in [0, 0.1) is 17.1 Å². The van der Waals surface area contributed by atoms with Crippen molar-refractivity contribution in [2.24, 2.45) is 0 Å². The fourth-order valence-corrected chi connectivity index (χ4v) is 1.02. The summed E-state index contributed by atoms with van der Waals surface area (Å²) in [6.45, 7) is 0. The van der Waals surface area contributed by atoms with Gasteiger partial charge in [-0.25, -0.2) is 9.18 Å². The molecule has 0 aliphatic carbocycles. The molecule has 0 atom stereocenters. The minimum Gasteiger partial charge on any atom is -0.478 e. The van der Waals surface area contributed by atoms with E-state index in [9.17, 15) is 9.18 Å². The van der Waals surface area contributed by atoms with Crippen molar-refractivity contribution in [3.05, 3.63) is 35.1 Å². The first-order chi connectivity index (χ1) is 6.16. The molecular weight excluding hydrogens is 173 g/mol. The molecule has 0 aromatic heterocycles. The molecule has 0 aliphatic rings. The van der Waals surface area contributed by atoms with Gasteiger partial charge >= 0.3 is 5.97 Å². The molecule has 0 bridgehead atoms. The summed E-state index contributed by atoms with van der Waals surface area (Å²) < 4.78 is 13.0. The van der Waals surface area contributed by atoms with Crippen LogP contribution in [0.2, 0.25) is 0 Å². The zero-order chi connectivity index (χ0) is 9.84. The monoisotopic (exact) mass is 179 g/mol. The third-order valence-electron chi connectivity index (χ3n) is 1.61. The van der Waals surface area contributed by atoms with Crippen LogP contribution in [0.15, 0.2) is 18.2 Å². The molecule has 0 fully saturated rings. The number of nitrogens with zero attached hydrogens (tertiary/aromatic N) is 1. The second kappa shape index (κ2) is 3.68. The number of hydrogen-bond donors (Lipinski definition) is 1. The Morgan fingerprint density at radius 2 is 2.31 bits per heavy atom. The smallest absolute Gasteiger partial charge is 0.336 e. The number of carbonyl (C=O) groups is 1. The molecule has 0 radical (unpaired) electrons. The van der Waals surface area contributed by atoms with E-state index in [0.29, 0.717) is 0 Å². The molecule has 0 heterocycles. The Kier molecular flexibility index (Phi) is 2.60. The maximum atomic E-state index is 13.0. The van der Waals surface area contributed by atoms with Crippen LogP contribution in [0.4, 0.5) is 4.39 Å². The second-order valence-corrected chi connectivity index (χ2v) is 2.41. The maximum absolute atomic E-state index is 13.0. The van der Waals surface area contributed by atoms with Crippen LogP contribution in [-0.4, -0.2) is 11.1 Å². The number of aromatic carboxylic acids is 1. The average molecular weight is 179 g/mol. The molecule has 0 amide bonds. The summed E-state index contributed by atoms with van der Waals surface area (Å²) in [7, 11) is 0. The van der Waals surface area contributed by atoms with Gasteiger partial charge in [0.1, 0.15) is 5.82 Å². The normalized spacial score (nSPS) is 9.23. The van der Waals surface area contributed by atoms with Gasteiger partial charge in [0.25, 0.3) is 0 Å². The molecule has 0 aliphatic heterocycles. The van der Waals surface area contributed by atoms with Crippen LogP contribution < -0.4 is 0 Å². The lowest BCUT2D eigenvalue weighted by Crippen LogP contribution is -2.04. The summed E-state index contributed by atoms with van der Waals surface area (Å²) >= 11 is 0. The summed E-state index contributed by atoms with van der Waals surface area (Å²) in [6.07, 6.45) is -0.228. The highest BCUT2D eigenvalue weighted by Gasteiger charge is 2.12. The van der Waals surface area contributed by atoms with E-state index in [1.165, 1.54) is 12.1 Å². The van der Waals surface area contributed by atoms with E-state index >= 15 is 0 Å². The van der Waals surface area contributed by atoms with E-state index in [-0.39, 0.29) is 17.5 Å². The maximum Gasteiger partial charge on any atom is 0.336 e. The largest absolute Gasteiger partial charge is 0.478 e. The highest BCUT2D eigenvalue weighted by molar-refractivity contribution is 5.89. The minimum absolute atomic E-state index is 0.0579. The Morgan fingerprint density at radius 1 is 1.62 bits per heavy atom. The number of carboxylic acids is 1. The number of benzene rings is 1. The second-order valence-electron chi connectivity index (χ2n) is 2.41. The minimum atomic E-state index is -1.22. The van der Waals surface area contributed by atoms with Crippen molar-refractivity contribution in [3.8, 4) is 6.07 Å². The molecule has 66 valence electrons. The number of halogens is 1. The molecule has 1 N–H and O–H groups in total. The summed E-state index contributed by atoms with van der Waals surface area (Å²) in [5.41, 5.74) is -0.209. The Labute approximate surface area is 74.0 Å². The number of rotatable bonds is 2. The molecule has 1 aromatic rings. The van der Waals surface area contributed by atoms with Crippen LogP contribution in [-0.2, 0) is 6.42 Å². The van der Waals surface area contributed by atoms with Gasteiger partial charge in [0, 0.05) is 5.56 Å². The lowest BCUT2D eigenvalue weighted by Gasteiger charge is -2.01. The van der Waals surface area contributed by atoms with Gasteiger partial charge in [-0.15, -0.1) is 0 Å². The molecule has 0 spiro atoms. The Bertz CT molecular complexity index is 382. The SMILES string of the molecule is N#CCc1c(F)cccc1C(=O)O. The average Bonchev–Trinajstić information content (AvgIpc) is 2.08. The Hall–Kier alpha value is -1.89. The summed E-state index contributed by atoms with van der Waals surface area (Å²) in [4.78, 5) is 10.6. The van der Waals surface area contributed by atoms with E-state index in [4.69, 9.17) is 10.4 Å². The topological polar surface area (TPSA) is 61.1 Å². The van der Waals surface area contributed by atoms with Crippen molar-refractivity contribution >= 4 is 5.97 Å². The Balaban J connectivity index is 3.27. The van der Waals surface area contributed by atoms with Crippen molar-refractivity contribution < 1.29 is 14.3 Å². The molecule has 1 aromatic carbocycles. The standard InChI is InChI=1S/C9H6FNO2/c10-8-3-1-2-7(9(12)13)6(8)4-5-11/h1-3H,4H2,(H,12,13). The van der Waals surface area contributed by atoms with Gasteiger partial charge in [0.15, 0.2) is 0 Å². The lowest BCUT2D eigenvalue weighted by atomic mass is 10.0. The van der Waals surface area contributed by atoms with Gasteiger partial charge in [0.2, 0.25) is 0 Å². The molecular formula is C9H6FNO2. The first-order valence-corrected chi connectivity index (χ1v) is 3.54. The summed E-state index contributed by atoms with van der Waals surface area (Å²) in [6, 6.07) is 5.44. The van der Waals surface area contributed by atoms with Crippen molar-refractivity contribution in [1.82, 2.24) is 0 Å². The first kappa shape index (κ1) is 9.20. The quantitative estimate of drug-likeness (QED) is 0.749. The van der Waals surface area contributed by atoms with Crippen molar-refractivity contribution in [2.75, 3.05) is 0 Å². The van der Waals surface area contributed by atoms with E-state index in [1.54, 1.807) is 6.07 Å². The third-order valence-corrected chi connectivity index (χ3v) is 1.61. The molecule has 13 heavy (non-hydrogen) atoms. The van der Waals surface area contributed by atoms with E-state index in [1.807, 2.05) is 0 Å². The van der Waals surface area contributed by atoms with Crippen molar-refractivity contribution in [3.63, 3.8) is 0 Å². The molecule has 1 rings (SSSR count). The molecule has 3 nitrogen and oxygen atoms in total. The predicted octanol–water partition coefficient (Wildman–Crippen LogP) is 1.59. The van der Waals surface area contributed by atoms with Gasteiger partial charge in [-0.1, -0.05) is 6.07 Å². The highest BCUT2D eigenvalue weighted by Crippen LogP contribution is 2.13. The fourth-order valence-electron chi connectivity index (χ4n) is 1.02. The van der Waals surface area contributed by atoms with Gasteiger partial charge in [-0.3, -0.25) is 0 Å². The van der Waals surface area contributed by atoms with E-state index < -0.39 is 11.8 Å². The van der Waals surface area contributed by atoms with Gasteiger partial charge < -0.3 is 5.11 Å². The summed E-state index contributed by atoms with van der Waals surface area (Å²) in [5, 5.41) is 17.0. The van der Waals surface area contributed by atoms with Crippen LogP contribution in [0.1, 0.15) is 15.9 Å². The predicted molar refractivity (Wildman–Crippen MR) is 42.7 cm³/mol. The van der Waals surface area contributed by atoms with E-state index in [0.717, 1.165) is 6.07 Å². The number of hydrogen-bond acceptors (Lipinski definition) is 2. The molecule has 0 saturated heterocycles. The van der Waals surface area contributed by atoms with Crippen molar-refractivity contribution in [1.29, 1.82) is 5.26 Å². The summed E-state index contributed by atoms with van der Waals surface area (Å²) in [5.74, 6) is -1.87. The van der Waals surface area contributed by atoms with Crippen LogP contribution in [0.5, 0.6) is 0 Å². The third kappa shape index (κ3) is 1.82. The van der Waals surface area contributed by atoms with E-state index in [2.05, 4.69) is 0 Å². The van der Waals surface area contributed by atoms with Gasteiger partial charge in [0.05, 0.1) is 18.1 Å². The van der Waals surface area contributed by atoms with Gasteiger partial charge in [-0.05, 0) is 12.1 Å². The zero-order valence-electron chi connectivity index (χ0n) is 6.62. The van der Waals surface area contributed by atoms with Crippen LogP contribution >= 0.6 is 0 Å². The first-order valence-electron chi connectivity index (χ1n) is 3.54. The fraction of sp³-hybridized carbons (Fsp3) is 0.111. The van der Waals surface area contributed by atoms with Crippen molar-refractivity contribution in [2.45, 2.75) is 6.42 Å². The lowest BCUT2D eigenvalue weighted by molar-refractivity contribution is 0.0695. The zero-order valence-corrected chi connectivity index (χ0v) is 6.62.